The van der Waals surface area contributed by atoms with Crippen LogP contribution in [-0.4, -0.2) is 24.2 Å². The van der Waals surface area contributed by atoms with Crippen LogP contribution in [-0.2, 0) is 0 Å². The zero-order valence-electron chi connectivity index (χ0n) is 11.2. The van der Waals surface area contributed by atoms with Crippen molar-refractivity contribution in [2.75, 3.05) is 18.9 Å². The molecule has 0 saturated heterocycles. The van der Waals surface area contributed by atoms with Gasteiger partial charge in [-0.2, -0.15) is 0 Å². The monoisotopic (exact) mass is 306 g/mol. The number of hydrogen-bond donors (Lipinski definition) is 3. The quantitative estimate of drug-likeness (QED) is 0.585. The van der Waals surface area contributed by atoms with Gasteiger partial charge in [0.2, 0.25) is 0 Å². The van der Waals surface area contributed by atoms with E-state index < -0.39 is 0 Å². The standard InChI is InChI=1S/C15H15ClN2O3/c16-14-5-4-11(19)9-13(14)15(20)18-6-7-21-12-3-1-2-10(17)8-12/h1-5,8-9,19H,6-7,17H2,(H,18,20). The third kappa shape index (κ3) is 4.29. The van der Waals surface area contributed by atoms with Gasteiger partial charge in [-0.3, -0.25) is 4.79 Å². The van der Waals surface area contributed by atoms with Crippen molar-refractivity contribution in [2.24, 2.45) is 0 Å². The molecule has 0 heterocycles. The van der Waals surface area contributed by atoms with Crippen molar-refractivity contribution >= 4 is 23.2 Å². The first-order valence-electron chi connectivity index (χ1n) is 6.31. The van der Waals surface area contributed by atoms with E-state index in [9.17, 15) is 9.90 Å². The highest BCUT2D eigenvalue weighted by Crippen LogP contribution is 2.20. The molecule has 6 heteroatoms. The number of rotatable bonds is 5. The lowest BCUT2D eigenvalue weighted by Crippen LogP contribution is -2.28. The van der Waals surface area contributed by atoms with Crippen LogP contribution in [0.1, 0.15) is 10.4 Å². The molecule has 0 fully saturated rings. The summed E-state index contributed by atoms with van der Waals surface area (Å²) in [6.07, 6.45) is 0. The molecule has 110 valence electrons. The average Bonchev–Trinajstić information content (AvgIpc) is 2.46. The molecule has 0 aliphatic rings. The molecule has 2 aromatic carbocycles. The number of hydrogen-bond acceptors (Lipinski definition) is 4. The van der Waals surface area contributed by atoms with Crippen LogP contribution in [0.15, 0.2) is 42.5 Å². The summed E-state index contributed by atoms with van der Waals surface area (Å²) in [5.74, 6) is 0.257. The van der Waals surface area contributed by atoms with Crippen LogP contribution in [0.2, 0.25) is 5.02 Å². The van der Waals surface area contributed by atoms with E-state index in [1.54, 1.807) is 24.3 Å². The van der Waals surface area contributed by atoms with E-state index in [1.165, 1.54) is 18.2 Å². The number of phenols is 1. The topological polar surface area (TPSA) is 84.6 Å². The number of ether oxygens (including phenoxy) is 1. The Hall–Kier alpha value is -2.40. The normalized spacial score (nSPS) is 10.1. The highest BCUT2D eigenvalue weighted by atomic mass is 35.5. The lowest BCUT2D eigenvalue weighted by molar-refractivity contribution is 0.0946. The summed E-state index contributed by atoms with van der Waals surface area (Å²) < 4.78 is 5.45. The van der Waals surface area contributed by atoms with Crippen LogP contribution in [0.5, 0.6) is 11.5 Å². The van der Waals surface area contributed by atoms with Crippen molar-refractivity contribution in [3.05, 3.63) is 53.1 Å². The molecule has 0 unspecified atom stereocenters. The van der Waals surface area contributed by atoms with Crippen LogP contribution in [0, 0.1) is 0 Å². The average molecular weight is 307 g/mol. The first-order chi connectivity index (χ1) is 10.1. The van der Waals surface area contributed by atoms with Crippen molar-refractivity contribution in [1.29, 1.82) is 0 Å². The van der Waals surface area contributed by atoms with Gasteiger partial charge < -0.3 is 20.9 Å². The Balaban J connectivity index is 1.83. The molecule has 0 aromatic heterocycles. The molecule has 21 heavy (non-hydrogen) atoms. The van der Waals surface area contributed by atoms with E-state index in [4.69, 9.17) is 22.1 Å². The summed E-state index contributed by atoms with van der Waals surface area (Å²) >= 11 is 5.90. The molecule has 0 atom stereocenters. The second-order valence-electron chi connectivity index (χ2n) is 4.34. The Morgan fingerprint density at radius 1 is 1.29 bits per heavy atom. The number of phenolic OH excluding ortho intramolecular Hbond substituents is 1. The molecule has 1 amide bonds. The van der Waals surface area contributed by atoms with Crippen LogP contribution >= 0.6 is 11.6 Å². The second-order valence-corrected chi connectivity index (χ2v) is 4.75. The van der Waals surface area contributed by atoms with E-state index in [0.717, 1.165) is 0 Å². The van der Waals surface area contributed by atoms with E-state index in [0.29, 0.717) is 24.6 Å². The number of anilines is 1. The number of nitrogens with one attached hydrogen (secondary N) is 1. The number of nitrogens with two attached hydrogens (primary N) is 1. The molecule has 2 rings (SSSR count). The molecule has 0 spiro atoms. The molecule has 4 N–H and O–H groups in total. The van der Waals surface area contributed by atoms with Crippen molar-refractivity contribution < 1.29 is 14.6 Å². The number of carbonyl (C=O) groups is 1. The van der Waals surface area contributed by atoms with Crippen LogP contribution < -0.4 is 15.8 Å². The number of carbonyl (C=O) groups excluding carboxylic acids is 1. The first kappa shape index (κ1) is 15.0. The van der Waals surface area contributed by atoms with E-state index in [-0.39, 0.29) is 22.2 Å². The maximum atomic E-state index is 11.9. The van der Waals surface area contributed by atoms with E-state index >= 15 is 0 Å². The first-order valence-corrected chi connectivity index (χ1v) is 6.69. The van der Waals surface area contributed by atoms with Crippen LogP contribution in [0.4, 0.5) is 5.69 Å². The van der Waals surface area contributed by atoms with Crippen molar-refractivity contribution in [3.63, 3.8) is 0 Å². The predicted octanol–water partition coefficient (Wildman–Crippen LogP) is 2.44. The van der Waals surface area contributed by atoms with Gasteiger partial charge in [-0.1, -0.05) is 17.7 Å². The zero-order valence-corrected chi connectivity index (χ0v) is 11.9. The lowest BCUT2D eigenvalue weighted by atomic mass is 10.2. The number of benzene rings is 2. The SMILES string of the molecule is Nc1cccc(OCCNC(=O)c2cc(O)ccc2Cl)c1. The molecule has 0 radical (unpaired) electrons. The third-order valence-corrected chi connectivity index (χ3v) is 3.04. The summed E-state index contributed by atoms with van der Waals surface area (Å²) in [7, 11) is 0. The number of aromatic hydroxyl groups is 1. The minimum Gasteiger partial charge on any atom is -0.508 e. The highest BCUT2D eigenvalue weighted by Gasteiger charge is 2.10. The molecule has 0 saturated carbocycles. The van der Waals surface area contributed by atoms with Gasteiger partial charge in [0, 0.05) is 11.8 Å². The number of halogens is 1. The molecule has 5 nitrogen and oxygen atoms in total. The van der Waals surface area contributed by atoms with Gasteiger partial charge in [0.25, 0.3) is 5.91 Å². The second kappa shape index (κ2) is 6.85. The van der Waals surface area contributed by atoms with Crippen molar-refractivity contribution in [2.45, 2.75) is 0 Å². The molecule has 0 bridgehead atoms. The smallest absolute Gasteiger partial charge is 0.253 e. The van der Waals surface area contributed by atoms with E-state index in [2.05, 4.69) is 5.32 Å². The van der Waals surface area contributed by atoms with Crippen molar-refractivity contribution in [3.8, 4) is 11.5 Å². The third-order valence-electron chi connectivity index (χ3n) is 2.71. The summed E-state index contributed by atoms with van der Waals surface area (Å²) in [4.78, 5) is 11.9. The fourth-order valence-electron chi connectivity index (χ4n) is 1.72. The number of amides is 1. The highest BCUT2D eigenvalue weighted by molar-refractivity contribution is 6.33. The molecule has 0 aliphatic carbocycles. The van der Waals surface area contributed by atoms with Gasteiger partial charge in [0.05, 0.1) is 17.1 Å². The minimum atomic E-state index is -0.368. The van der Waals surface area contributed by atoms with Gasteiger partial charge >= 0.3 is 0 Å². The fraction of sp³-hybridized carbons (Fsp3) is 0.133. The minimum absolute atomic E-state index is 0.0134. The zero-order chi connectivity index (χ0) is 15.2. The Morgan fingerprint density at radius 3 is 2.86 bits per heavy atom. The van der Waals surface area contributed by atoms with Gasteiger partial charge in [0.1, 0.15) is 18.1 Å². The van der Waals surface area contributed by atoms with Gasteiger partial charge in [0.15, 0.2) is 0 Å². The number of nitrogen functional groups attached to an aromatic ring is 1. The van der Waals surface area contributed by atoms with Gasteiger partial charge in [-0.05, 0) is 30.3 Å². The van der Waals surface area contributed by atoms with Gasteiger partial charge in [-0.25, -0.2) is 0 Å². The summed E-state index contributed by atoms with van der Waals surface area (Å²) in [6, 6.07) is 11.2. The summed E-state index contributed by atoms with van der Waals surface area (Å²) in [5, 5.41) is 12.3. The predicted molar refractivity (Wildman–Crippen MR) is 81.8 cm³/mol. The Bertz CT molecular complexity index is 647. The molecule has 2 aromatic rings. The van der Waals surface area contributed by atoms with E-state index in [1.807, 2.05) is 0 Å². The van der Waals surface area contributed by atoms with Gasteiger partial charge in [-0.15, -0.1) is 0 Å². The van der Waals surface area contributed by atoms with Crippen molar-refractivity contribution in [1.82, 2.24) is 5.32 Å². The molecular weight excluding hydrogens is 292 g/mol. The molecule has 0 aliphatic heterocycles. The maximum Gasteiger partial charge on any atom is 0.253 e. The Kier molecular flexibility index (Phi) is 4.90. The summed E-state index contributed by atoms with van der Waals surface area (Å²) in [6.45, 7) is 0.602. The Labute approximate surface area is 127 Å². The molecular formula is C15H15ClN2O3. The lowest BCUT2D eigenvalue weighted by Gasteiger charge is -2.09. The van der Waals surface area contributed by atoms with Crippen LogP contribution in [0.25, 0.3) is 0 Å². The maximum absolute atomic E-state index is 11.9. The Morgan fingerprint density at radius 2 is 2.10 bits per heavy atom. The van der Waals surface area contributed by atoms with Crippen LogP contribution in [0.3, 0.4) is 0 Å². The largest absolute Gasteiger partial charge is 0.508 e. The summed E-state index contributed by atoms with van der Waals surface area (Å²) in [5.41, 5.74) is 6.47. The fourth-order valence-corrected chi connectivity index (χ4v) is 1.92.